The Morgan fingerprint density at radius 2 is 1.95 bits per heavy atom. The molecule has 1 aromatic rings. The summed E-state index contributed by atoms with van der Waals surface area (Å²) in [5.74, 6) is 0. The first kappa shape index (κ1) is 18.3. The van der Waals surface area contributed by atoms with Crippen molar-refractivity contribution in [3.63, 3.8) is 0 Å². The van der Waals surface area contributed by atoms with Crippen LogP contribution in [0.4, 0.5) is 10.5 Å². The number of carbonyl (C=O) groups is 1. The van der Waals surface area contributed by atoms with Crippen molar-refractivity contribution in [3.8, 4) is 0 Å². The summed E-state index contributed by atoms with van der Waals surface area (Å²) in [6.07, 6.45) is 0.518. The van der Waals surface area contributed by atoms with Crippen molar-refractivity contribution < 1.29 is 19.0 Å². The second-order valence-corrected chi connectivity index (χ2v) is 5.70. The first-order valence-electron chi connectivity index (χ1n) is 7.01. The summed E-state index contributed by atoms with van der Waals surface area (Å²) in [5, 5.41) is 0. The predicted molar refractivity (Wildman–Crippen MR) is 83.5 cm³/mol. The van der Waals surface area contributed by atoms with Gasteiger partial charge in [-0.15, -0.1) is 0 Å². The molecule has 7 nitrogen and oxygen atoms in total. The minimum absolute atomic E-state index is 0.186. The number of hydrogen-bond donors (Lipinski definition) is 1. The zero-order valence-corrected chi connectivity index (χ0v) is 13.8. The topological polar surface area (TPSA) is 86.9 Å². The Balaban J connectivity index is 3.00. The van der Waals surface area contributed by atoms with E-state index in [-0.39, 0.29) is 6.54 Å². The van der Waals surface area contributed by atoms with Gasteiger partial charge in [0.25, 0.3) is 0 Å². The zero-order chi connectivity index (χ0) is 16.8. The molecule has 1 amide bonds. The summed E-state index contributed by atoms with van der Waals surface area (Å²) in [7, 11) is 3.02. The van der Waals surface area contributed by atoms with Gasteiger partial charge in [-0.05, 0) is 32.9 Å². The Hall–Kier alpha value is -1.70. The van der Waals surface area contributed by atoms with Crippen molar-refractivity contribution in [1.29, 1.82) is 0 Å². The van der Waals surface area contributed by atoms with Gasteiger partial charge in [-0.25, -0.2) is 4.79 Å². The lowest BCUT2D eigenvalue weighted by Gasteiger charge is -2.29. The Labute approximate surface area is 131 Å². The van der Waals surface area contributed by atoms with Gasteiger partial charge in [-0.3, -0.25) is 9.88 Å². The molecule has 22 heavy (non-hydrogen) atoms. The number of carbonyl (C=O) groups excluding carboxylic acids is 1. The zero-order valence-electron chi connectivity index (χ0n) is 13.8. The van der Waals surface area contributed by atoms with Crippen LogP contribution in [0.3, 0.4) is 0 Å². The molecular formula is C15H25N3O4. The maximum atomic E-state index is 12.4. The van der Waals surface area contributed by atoms with Crippen molar-refractivity contribution in [2.24, 2.45) is 5.73 Å². The summed E-state index contributed by atoms with van der Waals surface area (Å²) in [6, 6.07) is 3.53. The van der Waals surface area contributed by atoms with Gasteiger partial charge in [-0.1, -0.05) is 0 Å². The minimum Gasteiger partial charge on any atom is -0.443 e. The molecule has 0 spiro atoms. The van der Waals surface area contributed by atoms with Crippen LogP contribution in [0.2, 0.25) is 0 Å². The average Bonchev–Trinajstić information content (AvgIpc) is 2.47. The van der Waals surface area contributed by atoms with Crippen molar-refractivity contribution >= 4 is 11.8 Å². The molecule has 7 heteroatoms. The summed E-state index contributed by atoms with van der Waals surface area (Å²) >= 11 is 0. The lowest BCUT2D eigenvalue weighted by Crippen LogP contribution is -2.42. The highest BCUT2D eigenvalue weighted by atomic mass is 16.7. The maximum absolute atomic E-state index is 12.4. The molecule has 0 bridgehead atoms. The lowest BCUT2D eigenvalue weighted by molar-refractivity contribution is -0.0950. The highest BCUT2D eigenvalue weighted by Crippen LogP contribution is 2.19. The molecule has 0 fully saturated rings. The smallest absolute Gasteiger partial charge is 0.415 e. The van der Waals surface area contributed by atoms with Gasteiger partial charge in [0.1, 0.15) is 5.60 Å². The Kier molecular flexibility index (Phi) is 6.73. The lowest BCUT2D eigenvalue weighted by atomic mass is 10.2. The molecule has 0 aliphatic heterocycles. The maximum Gasteiger partial charge on any atom is 0.415 e. The third kappa shape index (κ3) is 5.59. The number of hydrogen-bond acceptors (Lipinski definition) is 6. The largest absolute Gasteiger partial charge is 0.443 e. The van der Waals surface area contributed by atoms with E-state index in [1.807, 2.05) is 20.8 Å². The van der Waals surface area contributed by atoms with Gasteiger partial charge in [0.05, 0.1) is 24.1 Å². The number of pyridine rings is 1. The van der Waals surface area contributed by atoms with Crippen molar-refractivity contribution in [3.05, 3.63) is 24.0 Å². The van der Waals surface area contributed by atoms with Crippen LogP contribution in [0.15, 0.2) is 18.3 Å². The fourth-order valence-electron chi connectivity index (χ4n) is 1.69. The van der Waals surface area contributed by atoms with Gasteiger partial charge < -0.3 is 19.9 Å². The molecule has 0 atom stereocenters. The van der Waals surface area contributed by atoms with E-state index in [9.17, 15) is 4.79 Å². The van der Waals surface area contributed by atoms with Crippen LogP contribution in [0.1, 0.15) is 26.5 Å². The second-order valence-electron chi connectivity index (χ2n) is 5.70. The number of ether oxygens (including phenoxy) is 3. The fourth-order valence-corrected chi connectivity index (χ4v) is 1.69. The van der Waals surface area contributed by atoms with Gasteiger partial charge >= 0.3 is 6.09 Å². The van der Waals surface area contributed by atoms with Gasteiger partial charge in [0, 0.05) is 20.8 Å². The first-order chi connectivity index (χ1) is 10.3. The highest BCUT2D eigenvalue weighted by molar-refractivity contribution is 5.87. The molecule has 0 radical (unpaired) electrons. The number of nitrogens with zero attached hydrogens (tertiary/aromatic N) is 2. The van der Waals surface area contributed by atoms with Crippen LogP contribution in [-0.4, -0.2) is 43.7 Å². The van der Waals surface area contributed by atoms with Crippen LogP contribution in [0.5, 0.6) is 0 Å². The Bertz CT molecular complexity index is 467. The van der Waals surface area contributed by atoms with Crippen LogP contribution in [0, 0.1) is 0 Å². The molecule has 1 aromatic heterocycles. The summed E-state index contributed by atoms with van der Waals surface area (Å²) in [4.78, 5) is 18.0. The first-order valence-corrected chi connectivity index (χ1v) is 7.01. The van der Waals surface area contributed by atoms with Crippen molar-refractivity contribution in [2.45, 2.75) is 39.2 Å². The third-order valence-corrected chi connectivity index (χ3v) is 2.80. The number of rotatable bonds is 6. The fraction of sp³-hybridized carbons (Fsp3) is 0.600. The SMILES string of the molecule is COC(CN(C(=O)OC(C)(C)C)c1ccc(CN)nc1)OC. The van der Waals surface area contributed by atoms with Crippen molar-refractivity contribution in [1.82, 2.24) is 4.98 Å². The molecule has 124 valence electrons. The number of aromatic nitrogens is 1. The molecule has 1 rings (SSSR count). The standard InChI is InChI=1S/C15H25N3O4/c1-15(2,3)22-14(19)18(10-13(20-4)21-5)12-7-6-11(8-16)17-9-12/h6-7,9,13H,8,10,16H2,1-5H3. The van der Waals surface area contributed by atoms with Crippen LogP contribution in [0.25, 0.3) is 0 Å². The molecule has 0 saturated carbocycles. The predicted octanol–water partition coefficient (Wildman–Crippen LogP) is 1.90. The Morgan fingerprint density at radius 1 is 1.32 bits per heavy atom. The van der Waals surface area contributed by atoms with E-state index in [1.54, 1.807) is 18.3 Å². The molecule has 0 aliphatic carbocycles. The van der Waals surface area contributed by atoms with Crippen molar-refractivity contribution in [2.75, 3.05) is 25.7 Å². The molecule has 0 aliphatic rings. The van der Waals surface area contributed by atoms with Gasteiger partial charge in [0.2, 0.25) is 0 Å². The normalized spacial score (nSPS) is 11.6. The summed E-state index contributed by atoms with van der Waals surface area (Å²) in [5.41, 5.74) is 6.26. The number of methoxy groups -OCH3 is 2. The molecule has 0 saturated heterocycles. The van der Waals surface area contributed by atoms with Crippen LogP contribution < -0.4 is 10.6 Å². The monoisotopic (exact) mass is 311 g/mol. The quantitative estimate of drug-likeness (QED) is 0.807. The number of amides is 1. The number of nitrogens with two attached hydrogens (primary N) is 1. The molecule has 0 aromatic carbocycles. The van der Waals surface area contributed by atoms with E-state index in [0.29, 0.717) is 12.2 Å². The minimum atomic E-state index is -0.602. The third-order valence-electron chi connectivity index (χ3n) is 2.80. The van der Waals surface area contributed by atoms with E-state index in [0.717, 1.165) is 5.69 Å². The molecular weight excluding hydrogens is 286 g/mol. The van der Waals surface area contributed by atoms with Crippen LogP contribution >= 0.6 is 0 Å². The second kappa shape index (κ2) is 8.07. The van der Waals surface area contributed by atoms with E-state index >= 15 is 0 Å². The van der Waals surface area contributed by atoms with E-state index in [4.69, 9.17) is 19.9 Å². The Morgan fingerprint density at radius 3 is 2.36 bits per heavy atom. The van der Waals surface area contributed by atoms with E-state index in [2.05, 4.69) is 4.98 Å². The highest BCUT2D eigenvalue weighted by Gasteiger charge is 2.26. The molecule has 1 heterocycles. The average molecular weight is 311 g/mol. The molecule has 2 N–H and O–H groups in total. The van der Waals surface area contributed by atoms with Gasteiger partial charge in [-0.2, -0.15) is 0 Å². The van der Waals surface area contributed by atoms with Gasteiger partial charge in [0.15, 0.2) is 6.29 Å². The summed E-state index contributed by atoms with van der Waals surface area (Å²) < 4.78 is 15.8. The van der Waals surface area contributed by atoms with E-state index in [1.165, 1.54) is 19.1 Å². The summed E-state index contributed by atoms with van der Waals surface area (Å²) in [6.45, 7) is 5.95. The molecule has 0 unspecified atom stereocenters. The van der Waals surface area contributed by atoms with E-state index < -0.39 is 18.0 Å². The number of anilines is 1. The van der Waals surface area contributed by atoms with Crippen LogP contribution in [-0.2, 0) is 20.8 Å².